The van der Waals surface area contributed by atoms with Crippen molar-refractivity contribution in [1.29, 1.82) is 0 Å². The van der Waals surface area contributed by atoms with Crippen molar-refractivity contribution < 1.29 is 0 Å². The van der Waals surface area contributed by atoms with Crippen LogP contribution in [0.15, 0.2) is 30.5 Å². The Morgan fingerprint density at radius 3 is 2.83 bits per heavy atom. The molecular weight excluding hydrogens is 220 g/mol. The van der Waals surface area contributed by atoms with Gasteiger partial charge in [-0.1, -0.05) is 32.0 Å². The second kappa shape index (κ2) is 5.96. The highest BCUT2D eigenvalue weighted by atomic mass is 14.8. The molecule has 2 aromatic rings. The van der Waals surface area contributed by atoms with E-state index in [1.165, 1.54) is 22.9 Å². The highest BCUT2D eigenvalue weighted by molar-refractivity contribution is 5.82. The maximum absolute atomic E-state index is 4.47. The average Bonchev–Trinajstić information content (AvgIpc) is 2.37. The van der Waals surface area contributed by atoms with E-state index in [2.05, 4.69) is 49.3 Å². The first kappa shape index (κ1) is 13.0. The van der Waals surface area contributed by atoms with Crippen LogP contribution in [0.25, 0.3) is 10.9 Å². The fourth-order valence-corrected chi connectivity index (χ4v) is 2.14. The summed E-state index contributed by atoms with van der Waals surface area (Å²) in [6.07, 6.45) is 3.09. The summed E-state index contributed by atoms with van der Waals surface area (Å²) >= 11 is 0. The molecule has 0 unspecified atom stereocenters. The number of nitrogens with one attached hydrogen (secondary N) is 1. The Morgan fingerprint density at radius 2 is 2.06 bits per heavy atom. The normalized spacial score (nSPS) is 11.3. The van der Waals surface area contributed by atoms with Gasteiger partial charge in [0, 0.05) is 18.1 Å². The molecular formula is C16H22N2. The lowest BCUT2D eigenvalue weighted by atomic mass is 10.0. The molecule has 2 heteroatoms. The Hall–Kier alpha value is -1.41. The van der Waals surface area contributed by atoms with Crippen molar-refractivity contribution in [2.24, 2.45) is 5.92 Å². The number of aryl methyl sites for hydroxylation is 1. The van der Waals surface area contributed by atoms with E-state index in [9.17, 15) is 0 Å². The highest BCUT2D eigenvalue weighted by Gasteiger charge is 2.04. The number of hydrogen-bond donors (Lipinski definition) is 1. The van der Waals surface area contributed by atoms with Crippen LogP contribution in [0.2, 0.25) is 0 Å². The minimum absolute atomic E-state index is 0.761. The lowest BCUT2D eigenvalue weighted by Crippen LogP contribution is -2.17. The molecule has 0 radical (unpaired) electrons. The number of pyridine rings is 1. The zero-order chi connectivity index (χ0) is 13.0. The monoisotopic (exact) mass is 242 g/mol. The molecule has 96 valence electrons. The van der Waals surface area contributed by atoms with Crippen LogP contribution in [-0.2, 0) is 6.54 Å². The lowest BCUT2D eigenvalue weighted by molar-refractivity contribution is 0.537. The molecule has 1 aromatic carbocycles. The topological polar surface area (TPSA) is 24.9 Å². The molecule has 0 aliphatic rings. The van der Waals surface area contributed by atoms with Gasteiger partial charge in [-0.05, 0) is 43.0 Å². The standard InChI is InChI=1S/C16H22N2/c1-12(2)8-10-17-11-15-7-6-14-5-4-9-18-16(14)13(15)3/h4-7,9,12,17H,8,10-11H2,1-3H3. The zero-order valence-electron chi connectivity index (χ0n) is 11.5. The third-order valence-corrected chi connectivity index (χ3v) is 3.35. The van der Waals surface area contributed by atoms with E-state index >= 15 is 0 Å². The second-order valence-corrected chi connectivity index (χ2v) is 5.28. The van der Waals surface area contributed by atoms with Crippen LogP contribution >= 0.6 is 0 Å². The van der Waals surface area contributed by atoms with Gasteiger partial charge in [-0.2, -0.15) is 0 Å². The predicted molar refractivity (Wildman–Crippen MR) is 77.6 cm³/mol. The zero-order valence-corrected chi connectivity index (χ0v) is 11.5. The van der Waals surface area contributed by atoms with E-state index in [1.807, 2.05) is 12.3 Å². The number of aromatic nitrogens is 1. The summed E-state index contributed by atoms with van der Waals surface area (Å²) in [5.74, 6) is 0.761. The van der Waals surface area contributed by atoms with Gasteiger partial charge in [0.05, 0.1) is 5.52 Å². The number of fused-ring (bicyclic) bond motifs is 1. The van der Waals surface area contributed by atoms with E-state index in [0.29, 0.717) is 0 Å². The van der Waals surface area contributed by atoms with Gasteiger partial charge in [-0.25, -0.2) is 0 Å². The summed E-state index contributed by atoms with van der Waals surface area (Å²) in [4.78, 5) is 4.47. The number of hydrogen-bond acceptors (Lipinski definition) is 2. The Labute approximate surface area is 109 Å². The van der Waals surface area contributed by atoms with Crippen LogP contribution in [0.4, 0.5) is 0 Å². The third kappa shape index (κ3) is 3.08. The van der Waals surface area contributed by atoms with Gasteiger partial charge in [0.2, 0.25) is 0 Å². The number of rotatable bonds is 5. The molecule has 0 aliphatic heterocycles. The van der Waals surface area contributed by atoms with E-state index < -0.39 is 0 Å². The molecule has 1 aromatic heterocycles. The summed E-state index contributed by atoms with van der Waals surface area (Å²) < 4.78 is 0. The van der Waals surface area contributed by atoms with Gasteiger partial charge >= 0.3 is 0 Å². The van der Waals surface area contributed by atoms with Crippen LogP contribution in [0.1, 0.15) is 31.4 Å². The summed E-state index contributed by atoms with van der Waals surface area (Å²) in [5.41, 5.74) is 3.77. The van der Waals surface area contributed by atoms with Crippen LogP contribution in [0, 0.1) is 12.8 Å². The van der Waals surface area contributed by atoms with Crippen molar-refractivity contribution in [1.82, 2.24) is 10.3 Å². The van der Waals surface area contributed by atoms with Crippen molar-refractivity contribution in [2.45, 2.75) is 33.7 Å². The van der Waals surface area contributed by atoms with Gasteiger partial charge in [0.1, 0.15) is 0 Å². The predicted octanol–water partition coefficient (Wildman–Crippen LogP) is 3.68. The molecule has 0 bridgehead atoms. The van der Waals surface area contributed by atoms with E-state index in [1.54, 1.807) is 0 Å². The molecule has 18 heavy (non-hydrogen) atoms. The van der Waals surface area contributed by atoms with Gasteiger partial charge in [-0.15, -0.1) is 0 Å². The van der Waals surface area contributed by atoms with Gasteiger partial charge < -0.3 is 5.32 Å². The lowest BCUT2D eigenvalue weighted by Gasteiger charge is -2.11. The maximum Gasteiger partial charge on any atom is 0.0734 e. The molecule has 0 amide bonds. The molecule has 0 atom stereocenters. The molecule has 0 saturated carbocycles. The SMILES string of the molecule is Cc1c(CNCCC(C)C)ccc2cccnc12. The fourth-order valence-electron chi connectivity index (χ4n) is 2.14. The molecule has 1 N–H and O–H groups in total. The first-order valence-corrected chi connectivity index (χ1v) is 6.72. The average molecular weight is 242 g/mol. The quantitative estimate of drug-likeness (QED) is 0.809. The molecule has 0 saturated heterocycles. The van der Waals surface area contributed by atoms with Gasteiger partial charge in [-0.3, -0.25) is 4.98 Å². The molecule has 1 heterocycles. The van der Waals surface area contributed by atoms with Crippen LogP contribution in [0.3, 0.4) is 0 Å². The minimum Gasteiger partial charge on any atom is -0.313 e. The van der Waals surface area contributed by atoms with E-state index in [4.69, 9.17) is 0 Å². The van der Waals surface area contributed by atoms with Crippen LogP contribution in [0.5, 0.6) is 0 Å². The van der Waals surface area contributed by atoms with Crippen molar-refractivity contribution in [3.8, 4) is 0 Å². The van der Waals surface area contributed by atoms with Gasteiger partial charge in [0.15, 0.2) is 0 Å². The Bertz CT molecular complexity index is 517. The summed E-state index contributed by atoms with van der Waals surface area (Å²) in [6, 6.07) is 8.48. The van der Waals surface area contributed by atoms with Crippen molar-refractivity contribution in [2.75, 3.05) is 6.54 Å². The molecule has 0 spiro atoms. The molecule has 2 rings (SSSR count). The number of nitrogens with zero attached hydrogens (tertiary/aromatic N) is 1. The summed E-state index contributed by atoms with van der Waals surface area (Å²) in [7, 11) is 0. The van der Waals surface area contributed by atoms with E-state index in [0.717, 1.165) is 24.5 Å². The van der Waals surface area contributed by atoms with Crippen LogP contribution in [-0.4, -0.2) is 11.5 Å². The first-order chi connectivity index (χ1) is 8.68. The van der Waals surface area contributed by atoms with Gasteiger partial charge in [0.25, 0.3) is 0 Å². The fraction of sp³-hybridized carbons (Fsp3) is 0.438. The smallest absolute Gasteiger partial charge is 0.0734 e. The van der Waals surface area contributed by atoms with Crippen molar-refractivity contribution >= 4 is 10.9 Å². The molecule has 0 aliphatic carbocycles. The molecule has 2 nitrogen and oxygen atoms in total. The highest BCUT2D eigenvalue weighted by Crippen LogP contribution is 2.19. The van der Waals surface area contributed by atoms with Crippen molar-refractivity contribution in [3.05, 3.63) is 41.6 Å². The molecule has 0 fully saturated rings. The van der Waals surface area contributed by atoms with E-state index in [-0.39, 0.29) is 0 Å². The summed E-state index contributed by atoms with van der Waals surface area (Å²) in [5, 5.41) is 4.73. The Kier molecular flexibility index (Phi) is 4.32. The summed E-state index contributed by atoms with van der Waals surface area (Å²) in [6.45, 7) is 8.69. The Balaban J connectivity index is 2.07. The maximum atomic E-state index is 4.47. The van der Waals surface area contributed by atoms with Crippen molar-refractivity contribution in [3.63, 3.8) is 0 Å². The second-order valence-electron chi connectivity index (χ2n) is 5.28. The first-order valence-electron chi connectivity index (χ1n) is 6.72. The van der Waals surface area contributed by atoms with Crippen LogP contribution < -0.4 is 5.32 Å². The number of benzene rings is 1. The largest absolute Gasteiger partial charge is 0.313 e. The minimum atomic E-state index is 0.761. The Morgan fingerprint density at radius 1 is 1.22 bits per heavy atom. The third-order valence-electron chi connectivity index (χ3n) is 3.35.